The van der Waals surface area contributed by atoms with Gasteiger partial charge in [-0.1, -0.05) is 31.0 Å². The van der Waals surface area contributed by atoms with Gasteiger partial charge in [-0.25, -0.2) is 4.79 Å². The maximum Gasteiger partial charge on any atom is 0.235 e. The Kier molecular flexibility index (Phi) is 3.60. The van der Waals surface area contributed by atoms with Gasteiger partial charge in [0.15, 0.2) is 0 Å². The third-order valence-electron chi connectivity index (χ3n) is 4.40. The zero-order valence-electron chi connectivity index (χ0n) is 11.8. The van der Waals surface area contributed by atoms with Gasteiger partial charge in [0, 0.05) is 18.7 Å². The van der Waals surface area contributed by atoms with Crippen LogP contribution in [0.5, 0.6) is 5.75 Å². The van der Waals surface area contributed by atoms with E-state index in [0.717, 1.165) is 50.1 Å². The summed E-state index contributed by atoms with van der Waals surface area (Å²) in [6.07, 6.45) is 6.05. The quantitative estimate of drug-likeness (QED) is 0.624. The minimum Gasteiger partial charge on any atom is -0.487 e. The highest BCUT2D eigenvalue weighted by atomic mass is 16.5. The third kappa shape index (κ3) is 2.37. The van der Waals surface area contributed by atoms with E-state index >= 15 is 0 Å². The first-order chi connectivity index (χ1) is 9.73. The van der Waals surface area contributed by atoms with Gasteiger partial charge in [-0.3, -0.25) is 4.90 Å². The van der Waals surface area contributed by atoms with Gasteiger partial charge in [0.05, 0.1) is 0 Å². The highest BCUT2D eigenvalue weighted by Crippen LogP contribution is 2.45. The first-order valence-corrected chi connectivity index (χ1v) is 7.27. The van der Waals surface area contributed by atoms with Crippen LogP contribution in [0.4, 0.5) is 0 Å². The van der Waals surface area contributed by atoms with Crippen molar-refractivity contribution in [1.29, 1.82) is 0 Å². The molecule has 0 bridgehead atoms. The van der Waals surface area contributed by atoms with Crippen molar-refractivity contribution in [3.05, 3.63) is 29.8 Å². The lowest BCUT2D eigenvalue weighted by molar-refractivity contribution is 0.0373. The predicted octanol–water partition coefficient (Wildman–Crippen LogP) is 2.48. The zero-order chi connectivity index (χ0) is 14.0. The Hall–Kier alpha value is -1.64. The van der Waals surface area contributed by atoms with Crippen LogP contribution < -0.4 is 4.74 Å². The lowest BCUT2D eigenvalue weighted by atomic mass is 9.88. The molecule has 0 aromatic heterocycles. The van der Waals surface area contributed by atoms with E-state index in [1.54, 1.807) is 6.08 Å². The monoisotopic (exact) mass is 272 g/mol. The molecule has 0 amide bonds. The van der Waals surface area contributed by atoms with Gasteiger partial charge in [-0.05, 0) is 26.0 Å². The average molecular weight is 272 g/mol. The molecule has 1 aromatic rings. The Bertz CT molecular complexity index is 525. The number of nitrogens with zero attached hydrogens (tertiary/aromatic N) is 2. The minimum atomic E-state index is -0.409. The number of para-hydroxylation sites is 1. The van der Waals surface area contributed by atoms with Crippen molar-refractivity contribution < 1.29 is 9.53 Å². The van der Waals surface area contributed by atoms with Crippen LogP contribution in [0.1, 0.15) is 31.2 Å². The normalized spacial score (nSPS) is 22.1. The van der Waals surface area contributed by atoms with Crippen LogP contribution in [0.25, 0.3) is 0 Å². The van der Waals surface area contributed by atoms with Crippen LogP contribution in [0, 0.1) is 0 Å². The second-order valence-corrected chi connectivity index (χ2v) is 5.90. The molecule has 1 aromatic carbocycles. The number of hydrogen-bond donors (Lipinski definition) is 0. The maximum atomic E-state index is 10.8. The van der Waals surface area contributed by atoms with Crippen molar-refractivity contribution in [2.45, 2.75) is 37.3 Å². The van der Waals surface area contributed by atoms with E-state index in [9.17, 15) is 4.79 Å². The highest BCUT2D eigenvalue weighted by molar-refractivity contribution is 5.44. The second-order valence-electron chi connectivity index (χ2n) is 5.90. The molecule has 1 saturated heterocycles. The van der Waals surface area contributed by atoms with E-state index in [0.29, 0.717) is 0 Å². The number of rotatable bonds is 4. The van der Waals surface area contributed by atoms with Crippen molar-refractivity contribution in [3.63, 3.8) is 0 Å². The summed E-state index contributed by atoms with van der Waals surface area (Å²) in [4.78, 5) is 17.2. The lowest BCUT2D eigenvalue weighted by Gasteiger charge is -2.37. The zero-order valence-corrected chi connectivity index (χ0v) is 11.8. The number of aliphatic imine (C=N–C) groups is 1. The average Bonchev–Trinajstić information content (AvgIpc) is 2.88. The van der Waals surface area contributed by atoms with Crippen LogP contribution in [-0.2, 0) is 10.3 Å². The molecule has 0 spiro atoms. The molecule has 1 aliphatic heterocycles. The fraction of sp³-hybridized carbons (Fsp3) is 0.562. The van der Waals surface area contributed by atoms with Crippen molar-refractivity contribution in [2.75, 3.05) is 20.1 Å². The molecule has 1 aliphatic carbocycles. The summed E-state index contributed by atoms with van der Waals surface area (Å²) in [6.45, 7) is 1.91. The predicted molar refractivity (Wildman–Crippen MR) is 76.6 cm³/mol. The molecule has 1 saturated carbocycles. The largest absolute Gasteiger partial charge is 0.487 e. The van der Waals surface area contributed by atoms with Crippen LogP contribution in [0.3, 0.4) is 0 Å². The van der Waals surface area contributed by atoms with E-state index in [4.69, 9.17) is 4.74 Å². The molecule has 2 fully saturated rings. The molecule has 0 radical (unpaired) electrons. The Morgan fingerprint density at radius 2 is 2.00 bits per heavy atom. The van der Waals surface area contributed by atoms with Gasteiger partial charge in [-0.15, -0.1) is 0 Å². The molecule has 4 nitrogen and oxygen atoms in total. The van der Waals surface area contributed by atoms with Gasteiger partial charge in [-0.2, -0.15) is 4.99 Å². The van der Waals surface area contributed by atoms with Crippen LogP contribution in [-0.4, -0.2) is 37.2 Å². The smallest absolute Gasteiger partial charge is 0.235 e. The van der Waals surface area contributed by atoms with E-state index < -0.39 is 5.54 Å². The minimum absolute atomic E-state index is 0.250. The van der Waals surface area contributed by atoms with Crippen LogP contribution in [0.15, 0.2) is 29.3 Å². The SMILES string of the molecule is CN1CC(Oc2ccccc2C2(N=C=O)CCCC2)C1. The Morgan fingerprint density at radius 3 is 2.65 bits per heavy atom. The Labute approximate surface area is 119 Å². The number of likely N-dealkylation sites (tertiary alicyclic amines) is 1. The summed E-state index contributed by atoms with van der Waals surface area (Å²) in [6, 6.07) is 8.02. The van der Waals surface area contributed by atoms with E-state index in [2.05, 4.69) is 16.9 Å². The topological polar surface area (TPSA) is 41.9 Å². The molecule has 0 atom stereocenters. The molecule has 3 rings (SSSR count). The fourth-order valence-electron chi connectivity index (χ4n) is 3.34. The Morgan fingerprint density at radius 1 is 1.30 bits per heavy atom. The number of ether oxygens (including phenoxy) is 1. The van der Waals surface area contributed by atoms with Crippen molar-refractivity contribution in [2.24, 2.45) is 4.99 Å². The summed E-state index contributed by atoms with van der Waals surface area (Å²) < 4.78 is 6.10. The standard InChI is InChI=1S/C16H20N2O2/c1-18-10-13(11-18)20-15-7-3-2-6-14(15)16(17-12-19)8-4-5-9-16/h2-3,6-7,13H,4-5,8-11H2,1H3. The molecular weight excluding hydrogens is 252 g/mol. The van der Waals surface area contributed by atoms with Gasteiger partial charge in [0.25, 0.3) is 0 Å². The number of isocyanates is 1. The van der Waals surface area contributed by atoms with Crippen molar-refractivity contribution in [3.8, 4) is 5.75 Å². The van der Waals surface area contributed by atoms with Crippen LogP contribution in [0.2, 0.25) is 0 Å². The molecular formula is C16H20N2O2. The van der Waals surface area contributed by atoms with Gasteiger partial charge >= 0.3 is 0 Å². The molecule has 0 N–H and O–H groups in total. The number of likely N-dealkylation sites (N-methyl/N-ethyl adjacent to an activating group) is 1. The molecule has 106 valence electrons. The summed E-state index contributed by atoms with van der Waals surface area (Å²) >= 11 is 0. The molecule has 4 heteroatoms. The molecule has 20 heavy (non-hydrogen) atoms. The summed E-state index contributed by atoms with van der Waals surface area (Å²) in [5.74, 6) is 0.881. The molecule has 2 aliphatic rings. The van der Waals surface area contributed by atoms with Crippen molar-refractivity contribution in [1.82, 2.24) is 4.90 Å². The maximum absolute atomic E-state index is 10.8. The third-order valence-corrected chi connectivity index (χ3v) is 4.40. The van der Waals surface area contributed by atoms with E-state index in [-0.39, 0.29) is 6.10 Å². The molecule has 1 heterocycles. The number of benzene rings is 1. The molecule has 0 unspecified atom stereocenters. The summed E-state index contributed by atoms with van der Waals surface area (Å²) in [5.41, 5.74) is 0.643. The summed E-state index contributed by atoms with van der Waals surface area (Å²) in [7, 11) is 2.08. The van der Waals surface area contributed by atoms with Crippen LogP contribution >= 0.6 is 0 Å². The lowest BCUT2D eigenvalue weighted by Crippen LogP contribution is -2.51. The number of carbonyl (C=O) groups excluding carboxylic acids is 1. The van der Waals surface area contributed by atoms with Gasteiger partial charge in [0.2, 0.25) is 6.08 Å². The fourth-order valence-corrected chi connectivity index (χ4v) is 3.34. The summed E-state index contributed by atoms with van der Waals surface area (Å²) in [5, 5.41) is 0. The highest BCUT2D eigenvalue weighted by Gasteiger charge is 2.38. The van der Waals surface area contributed by atoms with Gasteiger partial charge in [0.1, 0.15) is 17.4 Å². The van der Waals surface area contributed by atoms with Gasteiger partial charge < -0.3 is 4.74 Å². The van der Waals surface area contributed by atoms with E-state index in [1.165, 1.54) is 0 Å². The first kappa shape index (κ1) is 13.3. The number of hydrogen-bond acceptors (Lipinski definition) is 4. The Balaban J connectivity index is 1.90. The second kappa shape index (κ2) is 5.39. The first-order valence-electron chi connectivity index (χ1n) is 7.27. The van der Waals surface area contributed by atoms with E-state index in [1.807, 2.05) is 24.3 Å². The van der Waals surface area contributed by atoms with Crippen molar-refractivity contribution >= 4 is 6.08 Å².